The van der Waals surface area contributed by atoms with E-state index >= 15 is 0 Å². The fraction of sp³-hybridized carbons (Fsp3) is 0.150. The number of nitrogens with zero attached hydrogens (tertiary/aromatic N) is 1. The normalized spacial score (nSPS) is 11.4. The third-order valence-corrected chi connectivity index (χ3v) is 3.97. The molecule has 6 heteroatoms. The molecule has 0 aliphatic rings. The van der Waals surface area contributed by atoms with Crippen LogP contribution in [0.25, 0.3) is 11.1 Å². The summed E-state index contributed by atoms with van der Waals surface area (Å²) in [6.07, 6.45) is -3.38. The van der Waals surface area contributed by atoms with Gasteiger partial charge in [-0.15, -0.1) is 0 Å². The van der Waals surface area contributed by atoms with E-state index in [0.717, 1.165) is 23.4 Å². The average Bonchev–Trinajstić information content (AvgIpc) is 2.61. The van der Waals surface area contributed by atoms with Crippen LogP contribution in [0.5, 0.6) is 5.75 Å². The molecule has 1 aromatic heterocycles. The number of nitrogens with two attached hydrogens (primary N) is 1. The van der Waals surface area contributed by atoms with E-state index < -0.39 is 11.7 Å². The zero-order chi connectivity index (χ0) is 18.7. The molecule has 0 amide bonds. The summed E-state index contributed by atoms with van der Waals surface area (Å²) in [7, 11) is 0. The minimum absolute atomic E-state index is 0.0312. The van der Waals surface area contributed by atoms with Gasteiger partial charge >= 0.3 is 6.18 Å². The van der Waals surface area contributed by atoms with Crippen LogP contribution < -0.4 is 10.5 Å². The molecule has 0 atom stereocenters. The highest BCUT2D eigenvalue weighted by Crippen LogP contribution is 2.38. The molecule has 0 fully saturated rings. The lowest BCUT2D eigenvalue weighted by molar-refractivity contribution is -0.137. The summed E-state index contributed by atoms with van der Waals surface area (Å²) in [6.45, 7) is 2.17. The third-order valence-electron chi connectivity index (χ3n) is 3.97. The first-order valence-electron chi connectivity index (χ1n) is 7.95. The van der Waals surface area contributed by atoms with Gasteiger partial charge in [0.25, 0.3) is 0 Å². The maximum absolute atomic E-state index is 13.3. The SMILES string of the molecule is Cc1ccc(-c2cnc(N)cc2C(F)(F)F)cc1OCc1ccccc1. The number of nitrogen functional groups attached to an aromatic ring is 1. The first-order chi connectivity index (χ1) is 12.3. The summed E-state index contributed by atoms with van der Waals surface area (Å²) in [5.74, 6) is 0.352. The standard InChI is InChI=1S/C20H17F3N2O/c1-13-7-8-15(9-18(13)26-12-14-5-3-2-4-6-14)16-11-25-19(24)10-17(16)20(21,22)23/h2-11H,12H2,1H3,(H2,24,25). The molecule has 0 saturated carbocycles. The van der Waals surface area contributed by atoms with Gasteiger partial charge in [0.05, 0.1) is 5.56 Å². The van der Waals surface area contributed by atoms with Crippen molar-refractivity contribution in [1.29, 1.82) is 0 Å². The van der Waals surface area contributed by atoms with Crippen LogP contribution in [0.15, 0.2) is 60.8 Å². The van der Waals surface area contributed by atoms with Crippen LogP contribution in [0.3, 0.4) is 0 Å². The Labute approximate surface area is 149 Å². The number of halogens is 3. The molecular weight excluding hydrogens is 341 g/mol. The molecule has 0 radical (unpaired) electrons. The van der Waals surface area contributed by atoms with Crippen LogP contribution in [-0.4, -0.2) is 4.98 Å². The molecule has 3 aromatic rings. The van der Waals surface area contributed by atoms with Crippen molar-refractivity contribution in [3.05, 3.63) is 77.5 Å². The van der Waals surface area contributed by atoms with E-state index in [0.29, 0.717) is 17.9 Å². The number of hydrogen-bond donors (Lipinski definition) is 1. The van der Waals surface area contributed by atoms with Gasteiger partial charge in [0, 0.05) is 11.8 Å². The Kier molecular flexibility index (Phi) is 4.84. The minimum Gasteiger partial charge on any atom is -0.489 e. The molecule has 0 bridgehead atoms. The van der Waals surface area contributed by atoms with Gasteiger partial charge < -0.3 is 10.5 Å². The second-order valence-electron chi connectivity index (χ2n) is 5.91. The van der Waals surface area contributed by atoms with E-state index in [9.17, 15) is 13.2 Å². The largest absolute Gasteiger partial charge is 0.489 e. The number of aromatic nitrogens is 1. The van der Waals surface area contributed by atoms with Gasteiger partial charge in [0.15, 0.2) is 0 Å². The summed E-state index contributed by atoms with van der Waals surface area (Å²) in [6, 6.07) is 15.3. The van der Waals surface area contributed by atoms with Crippen molar-refractivity contribution in [3.63, 3.8) is 0 Å². The van der Waals surface area contributed by atoms with Crippen LogP contribution in [0.4, 0.5) is 19.0 Å². The molecule has 2 N–H and O–H groups in total. The van der Waals surface area contributed by atoms with Crippen LogP contribution in [0.1, 0.15) is 16.7 Å². The highest BCUT2D eigenvalue weighted by Gasteiger charge is 2.34. The minimum atomic E-state index is -4.53. The van der Waals surface area contributed by atoms with E-state index in [1.54, 1.807) is 18.2 Å². The molecule has 0 saturated heterocycles. The zero-order valence-corrected chi connectivity index (χ0v) is 14.0. The Morgan fingerprint density at radius 2 is 1.77 bits per heavy atom. The van der Waals surface area contributed by atoms with E-state index in [-0.39, 0.29) is 11.4 Å². The molecule has 0 unspecified atom stereocenters. The van der Waals surface area contributed by atoms with Crippen molar-refractivity contribution in [3.8, 4) is 16.9 Å². The second-order valence-corrected chi connectivity index (χ2v) is 5.91. The lowest BCUT2D eigenvalue weighted by atomic mass is 10.00. The van der Waals surface area contributed by atoms with E-state index in [1.807, 2.05) is 37.3 Å². The van der Waals surface area contributed by atoms with Gasteiger partial charge in [0.2, 0.25) is 0 Å². The molecule has 0 aliphatic heterocycles. The number of pyridine rings is 1. The molecule has 3 rings (SSSR count). The Morgan fingerprint density at radius 1 is 1.04 bits per heavy atom. The average molecular weight is 358 g/mol. The van der Waals surface area contributed by atoms with Gasteiger partial charge in [0.1, 0.15) is 18.2 Å². The first-order valence-corrected chi connectivity index (χ1v) is 7.95. The van der Waals surface area contributed by atoms with Gasteiger partial charge in [-0.3, -0.25) is 0 Å². The molecule has 3 nitrogen and oxygen atoms in total. The van der Waals surface area contributed by atoms with Crippen molar-refractivity contribution < 1.29 is 17.9 Å². The predicted octanol–water partition coefficient (Wildman–Crippen LogP) is 5.24. The second kappa shape index (κ2) is 7.07. The molecule has 2 aromatic carbocycles. The fourth-order valence-corrected chi connectivity index (χ4v) is 2.59. The van der Waals surface area contributed by atoms with Crippen molar-refractivity contribution >= 4 is 5.82 Å². The number of ether oxygens (including phenoxy) is 1. The van der Waals surface area contributed by atoms with Crippen LogP contribution >= 0.6 is 0 Å². The maximum atomic E-state index is 13.3. The molecule has 1 heterocycles. The van der Waals surface area contributed by atoms with Gasteiger partial charge in [-0.25, -0.2) is 4.98 Å². The van der Waals surface area contributed by atoms with Crippen molar-refractivity contribution in [1.82, 2.24) is 4.98 Å². The summed E-state index contributed by atoms with van der Waals surface area (Å²) < 4.78 is 45.9. The Morgan fingerprint density at radius 3 is 2.46 bits per heavy atom. The lowest BCUT2D eigenvalue weighted by Gasteiger charge is -2.15. The van der Waals surface area contributed by atoms with Crippen LogP contribution in [0.2, 0.25) is 0 Å². The van der Waals surface area contributed by atoms with Crippen molar-refractivity contribution in [2.24, 2.45) is 0 Å². The number of rotatable bonds is 4. The summed E-state index contributed by atoms with van der Waals surface area (Å²) in [5, 5.41) is 0. The summed E-state index contributed by atoms with van der Waals surface area (Å²) >= 11 is 0. The highest BCUT2D eigenvalue weighted by molar-refractivity contribution is 5.70. The summed E-state index contributed by atoms with van der Waals surface area (Å²) in [5.41, 5.74) is 6.77. The Hall–Kier alpha value is -3.02. The van der Waals surface area contributed by atoms with Gasteiger partial charge in [-0.2, -0.15) is 13.2 Å². The number of benzene rings is 2. The summed E-state index contributed by atoms with van der Waals surface area (Å²) in [4.78, 5) is 3.81. The Balaban J connectivity index is 1.95. The number of aryl methyl sites for hydroxylation is 1. The first kappa shape index (κ1) is 17.8. The molecule has 26 heavy (non-hydrogen) atoms. The quantitative estimate of drug-likeness (QED) is 0.694. The molecular formula is C20H17F3N2O. The molecule has 0 spiro atoms. The number of hydrogen-bond acceptors (Lipinski definition) is 3. The van der Waals surface area contributed by atoms with E-state index in [2.05, 4.69) is 4.98 Å². The van der Waals surface area contributed by atoms with Crippen LogP contribution in [0, 0.1) is 6.92 Å². The lowest BCUT2D eigenvalue weighted by Crippen LogP contribution is -2.09. The van der Waals surface area contributed by atoms with Crippen molar-refractivity contribution in [2.45, 2.75) is 19.7 Å². The smallest absolute Gasteiger partial charge is 0.417 e. The monoisotopic (exact) mass is 358 g/mol. The fourth-order valence-electron chi connectivity index (χ4n) is 2.59. The predicted molar refractivity (Wildman–Crippen MR) is 94.6 cm³/mol. The van der Waals surface area contributed by atoms with E-state index in [1.165, 1.54) is 0 Å². The number of anilines is 1. The number of alkyl halides is 3. The third kappa shape index (κ3) is 3.96. The maximum Gasteiger partial charge on any atom is 0.417 e. The van der Waals surface area contributed by atoms with Crippen LogP contribution in [-0.2, 0) is 12.8 Å². The van der Waals surface area contributed by atoms with Crippen molar-refractivity contribution in [2.75, 3.05) is 5.73 Å². The molecule has 134 valence electrons. The zero-order valence-electron chi connectivity index (χ0n) is 14.0. The van der Waals surface area contributed by atoms with Gasteiger partial charge in [-0.05, 0) is 35.7 Å². The van der Waals surface area contributed by atoms with E-state index in [4.69, 9.17) is 10.5 Å². The highest BCUT2D eigenvalue weighted by atomic mass is 19.4. The molecule has 0 aliphatic carbocycles. The van der Waals surface area contributed by atoms with Gasteiger partial charge in [-0.1, -0.05) is 42.5 Å². The Bertz CT molecular complexity index is 909. The topological polar surface area (TPSA) is 48.1 Å².